The van der Waals surface area contributed by atoms with E-state index in [1.165, 1.54) is 0 Å². The maximum atomic E-state index is 12.0. The smallest absolute Gasteiger partial charge is 0.117 e. The number of hydrogen-bond acceptors (Lipinski definition) is 3. The molecule has 0 saturated carbocycles. The first-order chi connectivity index (χ1) is 6.17. The molecule has 1 aliphatic heterocycles. The number of halogens is 1. The minimum atomic E-state index is -0.830. The van der Waals surface area contributed by atoms with Crippen molar-refractivity contribution in [1.29, 1.82) is 0 Å². The van der Waals surface area contributed by atoms with Gasteiger partial charge < -0.3 is 15.7 Å². The average Bonchev–Trinajstić information content (AvgIpc) is 2.46. The van der Waals surface area contributed by atoms with Crippen LogP contribution in [-0.2, 0) is 0 Å². The van der Waals surface area contributed by atoms with Crippen LogP contribution in [0.25, 0.3) is 0 Å². The topological polar surface area (TPSA) is 49.5 Å². The van der Waals surface area contributed by atoms with Gasteiger partial charge in [-0.3, -0.25) is 0 Å². The molecule has 0 amide bonds. The number of nitrogens with zero attached hydrogens (tertiary/aromatic N) is 1. The first-order valence-electron chi connectivity index (χ1n) is 4.83. The summed E-state index contributed by atoms with van der Waals surface area (Å²) in [6.45, 7) is 4.45. The Labute approximate surface area is 78.7 Å². The molecular formula is C9H19FN2O. The molecule has 1 aliphatic rings. The molecule has 0 radical (unpaired) electrons. The molecule has 0 aromatic heterocycles. The van der Waals surface area contributed by atoms with E-state index in [9.17, 15) is 4.39 Å². The van der Waals surface area contributed by atoms with Crippen LogP contribution in [0.3, 0.4) is 0 Å². The van der Waals surface area contributed by atoms with Gasteiger partial charge in [0.15, 0.2) is 0 Å². The Morgan fingerprint density at radius 2 is 2.31 bits per heavy atom. The number of alkyl halides is 1. The van der Waals surface area contributed by atoms with Crippen molar-refractivity contribution >= 4 is 0 Å². The van der Waals surface area contributed by atoms with Crippen molar-refractivity contribution in [3.63, 3.8) is 0 Å². The molecule has 78 valence electrons. The van der Waals surface area contributed by atoms with E-state index in [0.717, 1.165) is 13.1 Å². The number of aliphatic hydroxyl groups is 1. The molecule has 3 unspecified atom stereocenters. The zero-order valence-electron chi connectivity index (χ0n) is 8.12. The Kier molecular flexibility index (Phi) is 4.09. The van der Waals surface area contributed by atoms with Gasteiger partial charge in [-0.25, -0.2) is 4.39 Å². The van der Waals surface area contributed by atoms with Crippen molar-refractivity contribution in [3.05, 3.63) is 0 Å². The van der Waals surface area contributed by atoms with Crippen LogP contribution in [0, 0.1) is 11.8 Å². The van der Waals surface area contributed by atoms with Crippen LogP contribution in [0.5, 0.6) is 0 Å². The lowest BCUT2D eigenvalue weighted by atomic mass is 9.99. The Balaban J connectivity index is 2.31. The third-order valence-corrected chi connectivity index (χ3v) is 2.79. The second-order valence-corrected chi connectivity index (χ2v) is 4.00. The summed E-state index contributed by atoms with van der Waals surface area (Å²) >= 11 is 0. The summed E-state index contributed by atoms with van der Waals surface area (Å²) < 4.78 is 12.0. The maximum Gasteiger partial charge on any atom is 0.117 e. The normalized spacial score (nSPS) is 32.3. The number of β-amino-alcohol motifs (C(OH)–C–C–N with tert-alkyl or cyclic N) is 1. The van der Waals surface area contributed by atoms with Gasteiger partial charge in [0, 0.05) is 19.6 Å². The van der Waals surface area contributed by atoms with Gasteiger partial charge in [0.2, 0.25) is 0 Å². The zero-order valence-corrected chi connectivity index (χ0v) is 8.12. The Morgan fingerprint density at radius 1 is 1.62 bits per heavy atom. The highest BCUT2D eigenvalue weighted by Crippen LogP contribution is 2.21. The second kappa shape index (κ2) is 4.88. The molecule has 0 aromatic carbocycles. The van der Waals surface area contributed by atoms with Gasteiger partial charge in [-0.2, -0.15) is 0 Å². The molecule has 1 saturated heterocycles. The van der Waals surface area contributed by atoms with Crippen molar-refractivity contribution in [2.24, 2.45) is 17.6 Å². The molecule has 0 aliphatic carbocycles. The molecule has 0 aromatic rings. The van der Waals surface area contributed by atoms with Gasteiger partial charge in [0.05, 0.1) is 6.10 Å². The number of likely N-dealkylation sites (tertiary alicyclic amines) is 1. The largest absolute Gasteiger partial charge is 0.389 e. The Morgan fingerprint density at radius 3 is 2.77 bits per heavy atom. The fourth-order valence-corrected chi connectivity index (χ4v) is 1.95. The summed E-state index contributed by atoms with van der Waals surface area (Å²) in [5.41, 5.74) is 5.59. The van der Waals surface area contributed by atoms with Crippen molar-refractivity contribution in [2.75, 3.05) is 32.9 Å². The lowest BCUT2D eigenvalue weighted by molar-refractivity contribution is 0.0974. The van der Waals surface area contributed by atoms with Gasteiger partial charge in [-0.1, -0.05) is 6.92 Å². The van der Waals surface area contributed by atoms with Crippen molar-refractivity contribution in [1.82, 2.24) is 4.90 Å². The average molecular weight is 190 g/mol. The molecule has 4 heteroatoms. The lowest BCUT2D eigenvalue weighted by Crippen LogP contribution is -2.32. The van der Waals surface area contributed by atoms with Gasteiger partial charge in [-0.05, 0) is 18.4 Å². The first kappa shape index (κ1) is 10.9. The third kappa shape index (κ3) is 2.90. The SMILES string of the molecule is CC1CN(CC(O)CF)CC1CN. The fraction of sp³-hybridized carbons (Fsp3) is 1.00. The van der Waals surface area contributed by atoms with E-state index in [0.29, 0.717) is 24.9 Å². The van der Waals surface area contributed by atoms with E-state index in [1.807, 2.05) is 0 Å². The van der Waals surface area contributed by atoms with Crippen molar-refractivity contribution in [3.8, 4) is 0 Å². The summed E-state index contributed by atoms with van der Waals surface area (Å²) in [5.74, 6) is 1.07. The molecule has 3 nitrogen and oxygen atoms in total. The molecule has 3 N–H and O–H groups in total. The summed E-state index contributed by atoms with van der Waals surface area (Å²) in [7, 11) is 0. The summed E-state index contributed by atoms with van der Waals surface area (Å²) in [5, 5.41) is 9.12. The van der Waals surface area contributed by atoms with Gasteiger partial charge in [-0.15, -0.1) is 0 Å². The first-order valence-corrected chi connectivity index (χ1v) is 4.83. The van der Waals surface area contributed by atoms with Crippen LogP contribution < -0.4 is 5.73 Å². The van der Waals surface area contributed by atoms with Gasteiger partial charge in [0.25, 0.3) is 0 Å². The van der Waals surface area contributed by atoms with Crippen molar-refractivity contribution < 1.29 is 9.50 Å². The van der Waals surface area contributed by atoms with E-state index in [2.05, 4.69) is 11.8 Å². The predicted octanol–water partition coefficient (Wildman–Crippen LogP) is -0.157. The highest BCUT2D eigenvalue weighted by molar-refractivity contribution is 4.82. The monoisotopic (exact) mass is 190 g/mol. The molecule has 1 rings (SSSR count). The fourth-order valence-electron chi connectivity index (χ4n) is 1.95. The van der Waals surface area contributed by atoms with Gasteiger partial charge in [0.1, 0.15) is 6.67 Å². The van der Waals surface area contributed by atoms with Crippen LogP contribution in [-0.4, -0.2) is 49.0 Å². The third-order valence-electron chi connectivity index (χ3n) is 2.79. The van der Waals surface area contributed by atoms with Crippen molar-refractivity contribution in [2.45, 2.75) is 13.0 Å². The van der Waals surface area contributed by atoms with E-state index in [4.69, 9.17) is 10.8 Å². The highest BCUT2D eigenvalue weighted by atomic mass is 19.1. The molecule has 13 heavy (non-hydrogen) atoms. The predicted molar refractivity (Wildman–Crippen MR) is 50.1 cm³/mol. The lowest BCUT2D eigenvalue weighted by Gasteiger charge is -2.17. The van der Waals surface area contributed by atoms with E-state index < -0.39 is 12.8 Å². The van der Waals surface area contributed by atoms with E-state index in [1.54, 1.807) is 0 Å². The minimum Gasteiger partial charge on any atom is -0.389 e. The molecular weight excluding hydrogens is 171 g/mol. The molecule has 1 fully saturated rings. The summed E-state index contributed by atoms with van der Waals surface area (Å²) in [4.78, 5) is 2.09. The zero-order chi connectivity index (χ0) is 9.84. The minimum absolute atomic E-state index is 0.442. The number of rotatable bonds is 4. The molecule has 0 spiro atoms. The molecule has 1 heterocycles. The Hall–Kier alpha value is -0.190. The Bertz CT molecular complexity index is 155. The highest BCUT2D eigenvalue weighted by Gasteiger charge is 2.29. The van der Waals surface area contributed by atoms with Crippen LogP contribution in [0.2, 0.25) is 0 Å². The summed E-state index contributed by atoms with van der Waals surface area (Å²) in [6.07, 6.45) is -0.830. The number of nitrogens with two attached hydrogens (primary N) is 1. The van der Waals surface area contributed by atoms with Gasteiger partial charge >= 0.3 is 0 Å². The summed E-state index contributed by atoms with van der Waals surface area (Å²) in [6, 6.07) is 0. The van der Waals surface area contributed by atoms with Crippen LogP contribution >= 0.6 is 0 Å². The number of hydrogen-bond donors (Lipinski definition) is 2. The molecule has 0 bridgehead atoms. The van der Waals surface area contributed by atoms with Crippen LogP contribution in [0.4, 0.5) is 4.39 Å². The van der Waals surface area contributed by atoms with E-state index >= 15 is 0 Å². The standard InChI is InChI=1S/C9H19FN2O/c1-7-4-12(5-8(7)3-11)6-9(13)2-10/h7-9,13H,2-6,11H2,1H3. The van der Waals surface area contributed by atoms with E-state index in [-0.39, 0.29) is 0 Å². The second-order valence-electron chi connectivity index (χ2n) is 4.00. The van der Waals surface area contributed by atoms with Crippen LogP contribution in [0.1, 0.15) is 6.92 Å². The molecule has 3 atom stereocenters. The maximum absolute atomic E-state index is 12.0. The number of aliphatic hydroxyl groups excluding tert-OH is 1. The van der Waals surface area contributed by atoms with Crippen LogP contribution in [0.15, 0.2) is 0 Å². The quantitative estimate of drug-likeness (QED) is 0.648.